The standard InChI is InChI=1S/C14H18O2/c1-4-14(16)12(15)11-8-6-5-7-10(11)9-13(14,2)3/h5-8,16H,4,9H2,1-3H3. The summed E-state index contributed by atoms with van der Waals surface area (Å²) in [4.78, 5) is 12.3. The first-order valence-electron chi connectivity index (χ1n) is 5.77. The van der Waals surface area contributed by atoms with Gasteiger partial charge in [0, 0.05) is 11.0 Å². The van der Waals surface area contributed by atoms with E-state index in [9.17, 15) is 9.90 Å². The quantitative estimate of drug-likeness (QED) is 0.786. The van der Waals surface area contributed by atoms with E-state index < -0.39 is 11.0 Å². The van der Waals surface area contributed by atoms with Gasteiger partial charge in [0.2, 0.25) is 0 Å². The fourth-order valence-electron chi connectivity index (χ4n) is 2.69. The van der Waals surface area contributed by atoms with Gasteiger partial charge < -0.3 is 5.11 Å². The lowest BCUT2D eigenvalue weighted by Gasteiger charge is -2.45. The Morgan fingerprint density at radius 2 is 1.94 bits per heavy atom. The van der Waals surface area contributed by atoms with Crippen LogP contribution < -0.4 is 0 Å². The predicted molar refractivity (Wildman–Crippen MR) is 63.5 cm³/mol. The average molecular weight is 218 g/mol. The molecule has 1 N–H and O–H groups in total. The number of aliphatic hydroxyl groups is 1. The van der Waals surface area contributed by atoms with Crippen LogP contribution in [0.2, 0.25) is 0 Å². The minimum atomic E-state index is -1.22. The maximum atomic E-state index is 12.3. The highest BCUT2D eigenvalue weighted by molar-refractivity contribution is 6.05. The summed E-state index contributed by atoms with van der Waals surface area (Å²) in [5.41, 5.74) is 0.121. The first-order chi connectivity index (χ1) is 7.42. The van der Waals surface area contributed by atoms with Crippen molar-refractivity contribution in [2.24, 2.45) is 5.41 Å². The highest BCUT2D eigenvalue weighted by Gasteiger charge is 2.51. The van der Waals surface area contributed by atoms with Gasteiger partial charge in [-0.1, -0.05) is 45.0 Å². The van der Waals surface area contributed by atoms with Gasteiger partial charge in [0.05, 0.1) is 0 Å². The number of fused-ring (bicyclic) bond motifs is 1. The smallest absolute Gasteiger partial charge is 0.195 e. The Kier molecular flexibility index (Phi) is 2.43. The molecule has 0 radical (unpaired) electrons. The van der Waals surface area contributed by atoms with Crippen molar-refractivity contribution < 1.29 is 9.90 Å². The van der Waals surface area contributed by atoms with Gasteiger partial charge in [-0.05, 0) is 18.4 Å². The van der Waals surface area contributed by atoms with Gasteiger partial charge in [-0.2, -0.15) is 0 Å². The SMILES string of the molecule is CCC1(O)C(=O)c2ccccc2CC1(C)C. The molecule has 0 heterocycles. The summed E-state index contributed by atoms with van der Waals surface area (Å²) in [7, 11) is 0. The first kappa shape index (κ1) is 11.3. The Morgan fingerprint density at radius 3 is 2.56 bits per heavy atom. The van der Waals surface area contributed by atoms with Crippen LogP contribution in [0, 0.1) is 5.41 Å². The number of Topliss-reactive ketones (excluding diaryl/α,β-unsaturated/α-hetero) is 1. The number of carbonyl (C=O) groups excluding carboxylic acids is 1. The van der Waals surface area contributed by atoms with Gasteiger partial charge in [-0.25, -0.2) is 0 Å². The second-order valence-electron chi connectivity index (χ2n) is 5.26. The number of carbonyl (C=O) groups is 1. The number of hydrogen-bond acceptors (Lipinski definition) is 2. The molecule has 0 fully saturated rings. The summed E-state index contributed by atoms with van der Waals surface area (Å²) in [6.07, 6.45) is 1.21. The van der Waals surface area contributed by atoms with Gasteiger partial charge in [-0.15, -0.1) is 0 Å². The van der Waals surface area contributed by atoms with E-state index in [1.807, 2.05) is 45.0 Å². The topological polar surface area (TPSA) is 37.3 Å². The lowest BCUT2D eigenvalue weighted by molar-refractivity contribution is -0.0474. The van der Waals surface area contributed by atoms with Crippen LogP contribution in [0.5, 0.6) is 0 Å². The van der Waals surface area contributed by atoms with E-state index in [1.54, 1.807) is 0 Å². The summed E-state index contributed by atoms with van der Waals surface area (Å²) in [6.45, 7) is 5.79. The summed E-state index contributed by atoms with van der Waals surface area (Å²) < 4.78 is 0. The van der Waals surface area contributed by atoms with Crippen molar-refractivity contribution in [2.45, 2.75) is 39.2 Å². The maximum absolute atomic E-state index is 12.3. The molecule has 0 aromatic heterocycles. The summed E-state index contributed by atoms with van der Waals surface area (Å²) in [5, 5.41) is 10.6. The molecule has 1 aromatic rings. The molecule has 0 spiro atoms. The Labute approximate surface area is 96.3 Å². The maximum Gasteiger partial charge on any atom is 0.195 e. The third-order valence-corrected chi connectivity index (χ3v) is 3.90. The number of benzene rings is 1. The van der Waals surface area contributed by atoms with Crippen molar-refractivity contribution in [1.82, 2.24) is 0 Å². The molecule has 0 aliphatic heterocycles. The molecule has 2 rings (SSSR count). The van der Waals surface area contributed by atoms with E-state index in [-0.39, 0.29) is 5.78 Å². The van der Waals surface area contributed by atoms with Crippen LogP contribution in [-0.2, 0) is 6.42 Å². The number of rotatable bonds is 1. The van der Waals surface area contributed by atoms with E-state index in [1.165, 1.54) is 0 Å². The fraction of sp³-hybridized carbons (Fsp3) is 0.500. The summed E-state index contributed by atoms with van der Waals surface area (Å²) in [5.74, 6) is -0.123. The molecule has 1 aromatic carbocycles. The van der Waals surface area contributed by atoms with E-state index >= 15 is 0 Å². The molecule has 16 heavy (non-hydrogen) atoms. The zero-order chi connectivity index (χ0) is 12.0. The van der Waals surface area contributed by atoms with Crippen LogP contribution in [0.4, 0.5) is 0 Å². The minimum absolute atomic E-state index is 0.123. The summed E-state index contributed by atoms with van der Waals surface area (Å²) in [6, 6.07) is 7.58. The molecule has 1 unspecified atom stereocenters. The Balaban J connectivity index is 2.61. The molecule has 0 saturated carbocycles. The Hall–Kier alpha value is -1.15. The van der Waals surface area contributed by atoms with Crippen LogP contribution >= 0.6 is 0 Å². The second kappa shape index (κ2) is 3.42. The fourth-order valence-corrected chi connectivity index (χ4v) is 2.69. The molecule has 1 aliphatic rings. The van der Waals surface area contributed by atoms with Gasteiger partial charge in [0.1, 0.15) is 5.60 Å². The number of ketones is 1. The van der Waals surface area contributed by atoms with E-state index in [2.05, 4.69) is 0 Å². The molecule has 0 bridgehead atoms. The molecule has 1 aliphatic carbocycles. The van der Waals surface area contributed by atoms with Crippen LogP contribution in [0.3, 0.4) is 0 Å². The lowest BCUT2D eigenvalue weighted by Crippen LogP contribution is -2.55. The van der Waals surface area contributed by atoms with Crippen LogP contribution in [0.15, 0.2) is 24.3 Å². The Morgan fingerprint density at radius 1 is 1.31 bits per heavy atom. The predicted octanol–water partition coefficient (Wildman–Crippen LogP) is 2.59. The largest absolute Gasteiger partial charge is 0.381 e. The van der Waals surface area contributed by atoms with Crippen molar-refractivity contribution in [3.05, 3.63) is 35.4 Å². The van der Waals surface area contributed by atoms with Gasteiger partial charge in [-0.3, -0.25) is 4.79 Å². The molecular formula is C14H18O2. The molecule has 0 amide bonds. The molecule has 2 nitrogen and oxygen atoms in total. The van der Waals surface area contributed by atoms with Crippen molar-refractivity contribution in [2.75, 3.05) is 0 Å². The van der Waals surface area contributed by atoms with E-state index in [0.29, 0.717) is 12.0 Å². The van der Waals surface area contributed by atoms with Crippen LogP contribution in [0.25, 0.3) is 0 Å². The molecular weight excluding hydrogens is 200 g/mol. The second-order valence-corrected chi connectivity index (χ2v) is 5.26. The molecule has 86 valence electrons. The van der Waals surface area contributed by atoms with Gasteiger partial charge in [0.15, 0.2) is 5.78 Å². The lowest BCUT2D eigenvalue weighted by atomic mass is 9.62. The third kappa shape index (κ3) is 1.33. The Bertz CT molecular complexity index is 434. The normalized spacial score (nSPS) is 27.6. The van der Waals surface area contributed by atoms with E-state index in [0.717, 1.165) is 12.0 Å². The third-order valence-electron chi connectivity index (χ3n) is 3.90. The van der Waals surface area contributed by atoms with Gasteiger partial charge in [0.25, 0.3) is 0 Å². The van der Waals surface area contributed by atoms with Crippen molar-refractivity contribution in [3.63, 3.8) is 0 Å². The van der Waals surface area contributed by atoms with Crippen LogP contribution in [-0.4, -0.2) is 16.5 Å². The van der Waals surface area contributed by atoms with Crippen LogP contribution in [0.1, 0.15) is 43.1 Å². The highest BCUT2D eigenvalue weighted by atomic mass is 16.3. The van der Waals surface area contributed by atoms with Gasteiger partial charge >= 0.3 is 0 Å². The highest BCUT2D eigenvalue weighted by Crippen LogP contribution is 2.44. The zero-order valence-electron chi connectivity index (χ0n) is 10.1. The average Bonchev–Trinajstić information content (AvgIpc) is 2.25. The van der Waals surface area contributed by atoms with Crippen molar-refractivity contribution in [3.8, 4) is 0 Å². The van der Waals surface area contributed by atoms with Crippen molar-refractivity contribution in [1.29, 1.82) is 0 Å². The zero-order valence-corrected chi connectivity index (χ0v) is 10.1. The molecule has 2 heteroatoms. The van der Waals surface area contributed by atoms with E-state index in [4.69, 9.17) is 0 Å². The first-order valence-corrected chi connectivity index (χ1v) is 5.77. The summed E-state index contributed by atoms with van der Waals surface area (Å²) >= 11 is 0. The number of hydrogen-bond donors (Lipinski definition) is 1. The monoisotopic (exact) mass is 218 g/mol. The minimum Gasteiger partial charge on any atom is -0.381 e. The molecule has 0 saturated heterocycles. The van der Waals surface area contributed by atoms with Crippen molar-refractivity contribution >= 4 is 5.78 Å². The molecule has 1 atom stereocenters.